The molecule has 1 aromatic carbocycles. The van der Waals surface area contributed by atoms with Gasteiger partial charge < -0.3 is 20.7 Å². The van der Waals surface area contributed by atoms with Crippen LogP contribution in [0.4, 0.5) is 5.69 Å². The summed E-state index contributed by atoms with van der Waals surface area (Å²) < 4.78 is 4.95. The number of carbonyl (C=O) groups excluding carboxylic acids is 1. The molecule has 0 unspecified atom stereocenters. The highest BCUT2D eigenvalue weighted by atomic mass is 16.5. The maximum absolute atomic E-state index is 11.9. The van der Waals surface area contributed by atoms with Crippen LogP contribution in [-0.4, -0.2) is 45.8 Å². The van der Waals surface area contributed by atoms with E-state index < -0.39 is 0 Å². The fraction of sp³-hybridized carbons (Fsp3) is 0.533. The van der Waals surface area contributed by atoms with Gasteiger partial charge in [-0.05, 0) is 31.5 Å². The van der Waals surface area contributed by atoms with Crippen molar-refractivity contribution in [3.63, 3.8) is 0 Å². The van der Waals surface area contributed by atoms with E-state index in [0.717, 1.165) is 25.1 Å². The summed E-state index contributed by atoms with van der Waals surface area (Å²) in [6.07, 6.45) is 1.70. The molecule has 0 bridgehead atoms. The van der Waals surface area contributed by atoms with Gasteiger partial charge in [0.1, 0.15) is 0 Å². The second-order valence-corrected chi connectivity index (χ2v) is 4.60. The van der Waals surface area contributed by atoms with Crippen molar-refractivity contribution in [3.8, 4) is 0 Å². The number of hydrogen-bond acceptors (Lipinski definition) is 4. The quantitative estimate of drug-likeness (QED) is 0.627. The average Bonchev–Trinajstić information content (AvgIpc) is 2.49. The second-order valence-electron chi connectivity index (χ2n) is 4.60. The first-order valence-electron chi connectivity index (χ1n) is 7.03. The smallest absolute Gasteiger partial charge is 0.239 e. The highest BCUT2D eigenvalue weighted by molar-refractivity contribution is 5.81. The highest BCUT2D eigenvalue weighted by Gasteiger charge is 2.10. The summed E-state index contributed by atoms with van der Waals surface area (Å²) in [6, 6.07) is 9.93. The monoisotopic (exact) mass is 279 g/mol. The number of para-hydroxylation sites is 1. The molecule has 0 spiro atoms. The summed E-state index contributed by atoms with van der Waals surface area (Å²) in [7, 11) is 1.66. The predicted octanol–water partition coefficient (Wildman–Crippen LogP) is 0.995. The Balaban J connectivity index is 2.46. The zero-order chi connectivity index (χ0) is 14.6. The van der Waals surface area contributed by atoms with Crippen LogP contribution >= 0.6 is 0 Å². The number of anilines is 1. The Morgan fingerprint density at radius 1 is 1.30 bits per heavy atom. The van der Waals surface area contributed by atoms with Gasteiger partial charge in [-0.1, -0.05) is 18.2 Å². The van der Waals surface area contributed by atoms with Crippen LogP contribution in [-0.2, 0) is 9.53 Å². The van der Waals surface area contributed by atoms with E-state index in [9.17, 15) is 4.79 Å². The SMILES string of the molecule is COCCCNC(=O)CN(CCCN)c1ccccc1. The van der Waals surface area contributed by atoms with Gasteiger partial charge in [-0.3, -0.25) is 4.79 Å². The summed E-state index contributed by atoms with van der Waals surface area (Å²) in [6.45, 7) is 3.07. The first kappa shape index (κ1) is 16.5. The van der Waals surface area contributed by atoms with Crippen molar-refractivity contribution in [2.45, 2.75) is 12.8 Å². The van der Waals surface area contributed by atoms with E-state index in [1.165, 1.54) is 0 Å². The van der Waals surface area contributed by atoms with E-state index >= 15 is 0 Å². The van der Waals surface area contributed by atoms with Crippen LogP contribution in [0.1, 0.15) is 12.8 Å². The molecule has 0 aliphatic heterocycles. The Bertz CT molecular complexity index is 371. The van der Waals surface area contributed by atoms with Crippen LogP contribution in [0, 0.1) is 0 Å². The minimum Gasteiger partial charge on any atom is -0.385 e. The molecule has 5 heteroatoms. The Morgan fingerprint density at radius 3 is 2.70 bits per heavy atom. The van der Waals surface area contributed by atoms with Crippen molar-refractivity contribution in [3.05, 3.63) is 30.3 Å². The molecular formula is C15H25N3O2. The van der Waals surface area contributed by atoms with E-state index in [2.05, 4.69) is 10.2 Å². The number of hydrogen-bond donors (Lipinski definition) is 2. The molecule has 1 amide bonds. The lowest BCUT2D eigenvalue weighted by atomic mass is 10.2. The van der Waals surface area contributed by atoms with Gasteiger partial charge in [0.15, 0.2) is 0 Å². The third kappa shape index (κ3) is 6.54. The number of methoxy groups -OCH3 is 1. The Hall–Kier alpha value is -1.59. The fourth-order valence-electron chi connectivity index (χ4n) is 1.89. The van der Waals surface area contributed by atoms with Crippen LogP contribution in [0.5, 0.6) is 0 Å². The summed E-state index contributed by atoms with van der Waals surface area (Å²) in [5.41, 5.74) is 6.61. The molecule has 5 nitrogen and oxygen atoms in total. The maximum Gasteiger partial charge on any atom is 0.239 e. The number of amides is 1. The van der Waals surface area contributed by atoms with E-state index in [1.54, 1.807) is 7.11 Å². The van der Waals surface area contributed by atoms with Crippen molar-refractivity contribution in [2.24, 2.45) is 5.73 Å². The normalized spacial score (nSPS) is 10.3. The van der Waals surface area contributed by atoms with Gasteiger partial charge in [0.05, 0.1) is 6.54 Å². The lowest BCUT2D eigenvalue weighted by molar-refractivity contribution is -0.119. The lowest BCUT2D eigenvalue weighted by Gasteiger charge is -2.24. The van der Waals surface area contributed by atoms with Crippen LogP contribution < -0.4 is 16.0 Å². The molecule has 0 aromatic heterocycles. The van der Waals surface area contributed by atoms with Crippen molar-refractivity contribution in [1.82, 2.24) is 5.32 Å². The van der Waals surface area contributed by atoms with Crippen LogP contribution in [0.2, 0.25) is 0 Å². The predicted molar refractivity (Wildman–Crippen MR) is 81.8 cm³/mol. The first-order valence-corrected chi connectivity index (χ1v) is 7.03. The molecule has 0 fully saturated rings. The number of nitrogens with one attached hydrogen (secondary N) is 1. The van der Waals surface area contributed by atoms with Gasteiger partial charge in [0.25, 0.3) is 0 Å². The standard InChI is InChI=1S/C15H25N3O2/c1-20-12-6-10-17-15(19)13-18(11-5-9-16)14-7-3-2-4-8-14/h2-4,7-8H,5-6,9-13,16H2,1H3,(H,17,19). The molecule has 0 saturated carbocycles. The zero-order valence-electron chi connectivity index (χ0n) is 12.2. The van der Waals surface area contributed by atoms with E-state index in [-0.39, 0.29) is 5.91 Å². The van der Waals surface area contributed by atoms with Gasteiger partial charge in [0.2, 0.25) is 5.91 Å². The molecule has 112 valence electrons. The number of ether oxygens (including phenoxy) is 1. The summed E-state index contributed by atoms with van der Waals surface area (Å²) in [5.74, 6) is 0.0296. The minimum absolute atomic E-state index is 0.0296. The number of nitrogens with two attached hydrogens (primary N) is 1. The molecule has 3 N–H and O–H groups in total. The third-order valence-electron chi connectivity index (χ3n) is 2.94. The van der Waals surface area contributed by atoms with Crippen molar-refractivity contribution in [2.75, 3.05) is 44.8 Å². The molecule has 0 aliphatic carbocycles. The van der Waals surface area contributed by atoms with Crippen molar-refractivity contribution >= 4 is 11.6 Å². The minimum atomic E-state index is 0.0296. The molecule has 20 heavy (non-hydrogen) atoms. The molecule has 0 radical (unpaired) electrons. The van der Waals surface area contributed by atoms with Crippen LogP contribution in [0.25, 0.3) is 0 Å². The van der Waals surface area contributed by atoms with E-state index in [0.29, 0.717) is 26.2 Å². The molecule has 1 rings (SSSR count). The average molecular weight is 279 g/mol. The zero-order valence-corrected chi connectivity index (χ0v) is 12.2. The largest absolute Gasteiger partial charge is 0.385 e. The van der Waals surface area contributed by atoms with Crippen LogP contribution in [0.15, 0.2) is 30.3 Å². The Labute approximate surface area is 121 Å². The van der Waals surface area contributed by atoms with Gasteiger partial charge >= 0.3 is 0 Å². The number of benzene rings is 1. The topological polar surface area (TPSA) is 67.6 Å². The first-order chi connectivity index (χ1) is 9.77. The van der Waals surface area contributed by atoms with Crippen LogP contribution in [0.3, 0.4) is 0 Å². The van der Waals surface area contributed by atoms with E-state index in [1.807, 2.05) is 30.3 Å². The molecule has 0 atom stereocenters. The molecule has 0 aliphatic rings. The number of nitrogens with zero attached hydrogens (tertiary/aromatic N) is 1. The van der Waals surface area contributed by atoms with Gasteiger partial charge in [-0.2, -0.15) is 0 Å². The molecular weight excluding hydrogens is 254 g/mol. The Kier molecular flexibility index (Phi) is 8.42. The second kappa shape index (κ2) is 10.2. The number of carbonyl (C=O) groups is 1. The fourth-order valence-corrected chi connectivity index (χ4v) is 1.89. The molecule has 1 aromatic rings. The van der Waals surface area contributed by atoms with Gasteiger partial charge in [0, 0.05) is 32.5 Å². The molecule has 0 heterocycles. The Morgan fingerprint density at radius 2 is 2.05 bits per heavy atom. The van der Waals surface area contributed by atoms with Gasteiger partial charge in [-0.25, -0.2) is 0 Å². The molecule has 0 saturated heterocycles. The summed E-state index contributed by atoms with van der Waals surface area (Å²) >= 11 is 0. The van der Waals surface area contributed by atoms with Crippen molar-refractivity contribution in [1.29, 1.82) is 0 Å². The highest BCUT2D eigenvalue weighted by Crippen LogP contribution is 2.12. The van der Waals surface area contributed by atoms with Gasteiger partial charge in [-0.15, -0.1) is 0 Å². The summed E-state index contributed by atoms with van der Waals surface area (Å²) in [4.78, 5) is 14.0. The summed E-state index contributed by atoms with van der Waals surface area (Å²) in [5, 5.41) is 2.90. The third-order valence-corrected chi connectivity index (χ3v) is 2.94. The van der Waals surface area contributed by atoms with Crippen molar-refractivity contribution < 1.29 is 9.53 Å². The number of rotatable bonds is 10. The lowest BCUT2D eigenvalue weighted by Crippen LogP contribution is -2.38. The maximum atomic E-state index is 11.9. The van der Waals surface area contributed by atoms with E-state index in [4.69, 9.17) is 10.5 Å².